The Labute approximate surface area is 102 Å². The van der Waals surface area contributed by atoms with Crippen molar-refractivity contribution in [2.75, 3.05) is 5.88 Å². The molecule has 3 saturated heterocycles. The van der Waals surface area contributed by atoms with Crippen LogP contribution in [0.5, 0.6) is 0 Å². The Bertz CT molecular complexity index is 304. The number of rotatable bonds is 4. The van der Waals surface area contributed by atoms with Crippen molar-refractivity contribution in [2.45, 2.75) is 56.5 Å². The molecule has 5 unspecified atom stereocenters. The van der Waals surface area contributed by atoms with E-state index in [0.29, 0.717) is 24.0 Å². The lowest BCUT2D eigenvalue weighted by atomic mass is 9.69. The fourth-order valence-corrected chi connectivity index (χ4v) is 3.46. The summed E-state index contributed by atoms with van der Waals surface area (Å²) in [4.78, 5) is 0. The molecule has 0 spiro atoms. The molecule has 0 aromatic heterocycles. The summed E-state index contributed by atoms with van der Waals surface area (Å²) in [6.45, 7) is 6.44. The molecule has 3 aliphatic heterocycles. The maximum absolute atomic E-state index is 5.92. The van der Waals surface area contributed by atoms with E-state index in [-0.39, 0.29) is 11.7 Å². The van der Waals surface area contributed by atoms with E-state index < -0.39 is 0 Å². The van der Waals surface area contributed by atoms with Crippen LogP contribution >= 0.6 is 11.6 Å². The van der Waals surface area contributed by atoms with Crippen LogP contribution in [0.25, 0.3) is 0 Å². The summed E-state index contributed by atoms with van der Waals surface area (Å²) < 4.78 is 11.4. The number of alkyl halides is 1. The second-order valence-corrected chi connectivity index (χ2v) is 5.99. The van der Waals surface area contributed by atoms with Gasteiger partial charge < -0.3 is 9.47 Å². The first-order chi connectivity index (χ1) is 7.61. The summed E-state index contributed by atoms with van der Waals surface area (Å²) >= 11 is 5.74. The van der Waals surface area contributed by atoms with Gasteiger partial charge in [0.15, 0.2) is 0 Å². The molecule has 3 heterocycles. The van der Waals surface area contributed by atoms with Crippen molar-refractivity contribution < 1.29 is 9.47 Å². The highest BCUT2D eigenvalue weighted by molar-refractivity contribution is 6.18. The van der Waals surface area contributed by atoms with E-state index in [0.717, 1.165) is 6.42 Å². The second kappa shape index (κ2) is 3.72. The molecule has 1 saturated carbocycles. The molecule has 0 aromatic carbocycles. The first-order valence-electron chi connectivity index (χ1n) is 6.18. The van der Waals surface area contributed by atoms with Crippen LogP contribution in [-0.4, -0.2) is 29.8 Å². The third kappa shape index (κ3) is 1.81. The quantitative estimate of drug-likeness (QED) is 0.430. The predicted molar refractivity (Wildman–Crippen MR) is 63.8 cm³/mol. The van der Waals surface area contributed by atoms with Crippen LogP contribution in [0.15, 0.2) is 12.2 Å². The lowest BCUT2D eigenvalue weighted by Gasteiger charge is -2.54. The van der Waals surface area contributed by atoms with Crippen molar-refractivity contribution >= 4 is 11.6 Å². The Morgan fingerprint density at radius 3 is 2.75 bits per heavy atom. The summed E-state index contributed by atoms with van der Waals surface area (Å²) in [5.41, 5.74) is 1.50. The average molecular weight is 243 g/mol. The molecule has 1 aliphatic carbocycles. The van der Waals surface area contributed by atoms with Crippen LogP contribution in [0.2, 0.25) is 0 Å². The first kappa shape index (κ1) is 11.1. The van der Waals surface area contributed by atoms with E-state index in [1.807, 2.05) is 0 Å². The van der Waals surface area contributed by atoms with Crippen molar-refractivity contribution in [1.29, 1.82) is 0 Å². The molecule has 2 nitrogen and oxygen atoms in total. The number of epoxide rings is 1. The topological polar surface area (TPSA) is 21.8 Å². The Kier molecular flexibility index (Phi) is 2.58. The number of hydrogen-bond acceptors (Lipinski definition) is 2. The largest absolute Gasteiger partial charge is 0.371 e. The Balaban J connectivity index is 1.52. The van der Waals surface area contributed by atoms with Crippen molar-refractivity contribution in [3.05, 3.63) is 12.2 Å². The Morgan fingerprint density at radius 2 is 2.25 bits per heavy atom. The van der Waals surface area contributed by atoms with Gasteiger partial charge in [0.05, 0.1) is 29.8 Å². The third-order valence-electron chi connectivity index (χ3n) is 4.33. The number of hydrogen-bond donors (Lipinski definition) is 0. The van der Waals surface area contributed by atoms with Gasteiger partial charge in [-0.25, -0.2) is 0 Å². The second-order valence-electron chi connectivity index (χ2n) is 5.69. The molecule has 0 N–H and O–H groups in total. The SMILES string of the molecule is C=C(CC1OC1CCl)C1CCC2(C)CC1O2. The Morgan fingerprint density at radius 1 is 1.50 bits per heavy atom. The van der Waals surface area contributed by atoms with Crippen molar-refractivity contribution in [3.8, 4) is 0 Å². The number of halogens is 1. The highest BCUT2D eigenvalue weighted by Gasteiger charge is 2.51. The summed E-state index contributed by atoms with van der Waals surface area (Å²) in [5, 5.41) is 0. The van der Waals surface area contributed by atoms with E-state index in [4.69, 9.17) is 21.1 Å². The van der Waals surface area contributed by atoms with Crippen LogP contribution in [0.3, 0.4) is 0 Å². The van der Waals surface area contributed by atoms with Crippen LogP contribution in [0, 0.1) is 5.92 Å². The molecule has 4 fully saturated rings. The minimum Gasteiger partial charge on any atom is -0.371 e. The van der Waals surface area contributed by atoms with Gasteiger partial charge in [-0.3, -0.25) is 0 Å². The van der Waals surface area contributed by atoms with Gasteiger partial charge in [-0.1, -0.05) is 12.2 Å². The maximum atomic E-state index is 5.92. The highest BCUT2D eigenvalue weighted by Crippen LogP contribution is 2.50. The summed E-state index contributed by atoms with van der Waals surface area (Å²) in [6, 6.07) is 0. The summed E-state index contributed by atoms with van der Waals surface area (Å²) in [6.07, 6.45) is 5.63. The van der Waals surface area contributed by atoms with Gasteiger partial charge in [-0.05, 0) is 26.2 Å². The molecule has 5 atom stereocenters. The molecule has 0 radical (unpaired) electrons. The van der Waals surface area contributed by atoms with Gasteiger partial charge in [0.1, 0.15) is 0 Å². The van der Waals surface area contributed by atoms with Gasteiger partial charge >= 0.3 is 0 Å². The first-order valence-corrected chi connectivity index (χ1v) is 6.72. The molecule has 0 aromatic rings. The van der Waals surface area contributed by atoms with Crippen molar-refractivity contribution in [1.82, 2.24) is 0 Å². The smallest absolute Gasteiger partial charge is 0.0980 e. The van der Waals surface area contributed by atoms with Crippen molar-refractivity contribution in [3.63, 3.8) is 0 Å². The van der Waals surface area contributed by atoms with Gasteiger partial charge in [0, 0.05) is 12.3 Å². The van der Waals surface area contributed by atoms with Crippen LogP contribution < -0.4 is 0 Å². The molecule has 4 rings (SSSR count). The zero-order chi connectivity index (χ0) is 11.3. The minimum atomic E-state index is 0.191. The van der Waals surface area contributed by atoms with Crippen LogP contribution in [0.4, 0.5) is 0 Å². The molecule has 90 valence electrons. The predicted octanol–water partition coefficient (Wildman–Crippen LogP) is 2.90. The van der Waals surface area contributed by atoms with Crippen LogP contribution in [0.1, 0.15) is 32.6 Å². The van der Waals surface area contributed by atoms with Crippen LogP contribution in [-0.2, 0) is 9.47 Å². The van der Waals surface area contributed by atoms with E-state index >= 15 is 0 Å². The van der Waals surface area contributed by atoms with Gasteiger partial charge in [0.25, 0.3) is 0 Å². The fourth-order valence-electron chi connectivity index (χ4n) is 3.18. The standard InChI is InChI=1S/C13H19ClO2/c1-8(5-10-12(7-14)15-10)9-3-4-13(2)6-11(9)16-13/h9-12H,1,3-7H2,2H3. The number of ether oxygens (including phenoxy) is 2. The van der Waals surface area contributed by atoms with Crippen molar-refractivity contribution in [2.24, 2.45) is 5.92 Å². The highest BCUT2D eigenvalue weighted by atomic mass is 35.5. The third-order valence-corrected chi connectivity index (χ3v) is 4.63. The maximum Gasteiger partial charge on any atom is 0.0980 e. The zero-order valence-corrected chi connectivity index (χ0v) is 10.5. The van der Waals surface area contributed by atoms with E-state index in [1.165, 1.54) is 24.8 Å². The van der Waals surface area contributed by atoms with Gasteiger partial charge in [-0.15, -0.1) is 11.6 Å². The molecule has 2 bridgehead atoms. The minimum absolute atomic E-state index is 0.191. The monoisotopic (exact) mass is 242 g/mol. The molecule has 16 heavy (non-hydrogen) atoms. The molecule has 4 aliphatic rings. The zero-order valence-electron chi connectivity index (χ0n) is 9.75. The lowest BCUT2D eigenvalue weighted by Crippen LogP contribution is -2.56. The molecule has 3 heteroatoms. The number of fused-ring (bicyclic) bond motifs is 2. The van der Waals surface area contributed by atoms with Gasteiger partial charge in [0.2, 0.25) is 0 Å². The van der Waals surface area contributed by atoms with E-state index in [2.05, 4.69) is 13.5 Å². The van der Waals surface area contributed by atoms with E-state index in [9.17, 15) is 0 Å². The molecular weight excluding hydrogens is 224 g/mol. The average Bonchev–Trinajstić information content (AvgIpc) is 2.95. The van der Waals surface area contributed by atoms with Gasteiger partial charge in [-0.2, -0.15) is 0 Å². The lowest BCUT2D eigenvalue weighted by molar-refractivity contribution is -0.242. The normalized spacial score (nSPS) is 49.6. The fraction of sp³-hybridized carbons (Fsp3) is 0.846. The summed E-state index contributed by atoms with van der Waals surface area (Å²) in [7, 11) is 0. The van der Waals surface area contributed by atoms with E-state index in [1.54, 1.807) is 0 Å². The Hall–Kier alpha value is -0.0500. The summed E-state index contributed by atoms with van der Waals surface area (Å²) in [5.74, 6) is 1.17. The molecular formula is C13H19ClO2. The molecule has 0 amide bonds.